The van der Waals surface area contributed by atoms with E-state index in [2.05, 4.69) is 48.3 Å². The van der Waals surface area contributed by atoms with Gasteiger partial charge in [0.05, 0.1) is 6.10 Å². The quantitative estimate of drug-likeness (QED) is 0.923. The van der Waals surface area contributed by atoms with Crippen LogP contribution < -0.4 is 15.0 Å². The van der Waals surface area contributed by atoms with Crippen LogP contribution in [0.15, 0.2) is 24.3 Å². The van der Waals surface area contributed by atoms with E-state index in [9.17, 15) is 0 Å². The van der Waals surface area contributed by atoms with Crippen molar-refractivity contribution in [1.82, 2.24) is 5.32 Å². The van der Waals surface area contributed by atoms with E-state index in [1.807, 2.05) is 0 Å². The minimum absolute atomic E-state index is 0.391. The second-order valence-corrected chi connectivity index (χ2v) is 6.89. The summed E-state index contributed by atoms with van der Waals surface area (Å²) >= 11 is 0. The van der Waals surface area contributed by atoms with Gasteiger partial charge >= 0.3 is 0 Å². The molecule has 1 saturated heterocycles. The van der Waals surface area contributed by atoms with E-state index in [-0.39, 0.29) is 0 Å². The van der Waals surface area contributed by atoms with Gasteiger partial charge in [0.1, 0.15) is 5.75 Å². The van der Waals surface area contributed by atoms with Crippen LogP contribution in [0.3, 0.4) is 0 Å². The molecule has 0 amide bonds. The summed E-state index contributed by atoms with van der Waals surface area (Å²) < 4.78 is 6.29. The first-order chi connectivity index (χ1) is 10.2. The number of ether oxygens (including phenoxy) is 1. The monoisotopic (exact) mass is 288 g/mol. The molecule has 2 fully saturated rings. The van der Waals surface area contributed by atoms with Crippen molar-refractivity contribution in [3.8, 4) is 5.75 Å². The van der Waals surface area contributed by atoms with Gasteiger partial charge in [0, 0.05) is 37.9 Å². The van der Waals surface area contributed by atoms with Crippen LogP contribution in [0, 0.1) is 11.8 Å². The molecule has 1 aliphatic heterocycles. The summed E-state index contributed by atoms with van der Waals surface area (Å²) in [6.45, 7) is 9.01. The van der Waals surface area contributed by atoms with Crippen LogP contribution in [0.25, 0.3) is 0 Å². The number of benzene rings is 1. The molecule has 3 heteroatoms. The minimum Gasteiger partial charge on any atom is -0.490 e. The fourth-order valence-corrected chi connectivity index (χ4v) is 3.84. The molecule has 0 bridgehead atoms. The van der Waals surface area contributed by atoms with E-state index in [0.717, 1.165) is 43.8 Å². The van der Waals surface area contributed by atoms with E-state index in [0.29, 0.717) is 6.10 Å². The van der Waals surface area contributed by atoms with Gasteiger partial charge < -0.3 is 15.0 Å². The third kappa shape index (κ3) is 3.91. The number of anilines is 1. The van der Waals surface area contributed by atoms with E-state index in [1.165, 1.54) is 24.9 Å². The Bertz CT molecular complexity index is 446. The number of hydrogen-bond donors (Lipinski definition) is 1. The maximum absolute atomic E-state index is 6.29. The Morgan fingerprint density at radius 3 is 2.48 bits per heavy atom. The summed E-state index contributed by atoms with van der Waals surface area (Å²) in [5, 5.41) is 3.40. The minimum atomic E-state index is 0.391. The van der Waals surface area contributed by atoms with Gasteiger partial charge in [-0.15, -0.1) is 0 Å². The van der Waals surface area contributed by atoms with Gasteiger partial charge in [-0.05, 0) is 43.2 Å². The van der Waals surface area contributed by atoms with Crippen LogP contribution in [0.1, 0.15) is 33.1 Å². The molecule has 3 rings (SSSR count). The van der Waals surface area contributed by atoms with E-state index in [4.69, 9.17) is 4.74 Å². The predicted molar refractivity (Wildman–Crippen MR) is 88.1 cm³/mol. The Balaban J connectivity index is 1.65. The fourth-order valence-electron chi connectivity index (χ4n) is 3.84. The first-order valence-corrected chi connectivity index (χ1v) is 8.43. The first-order valence-electron chi connectivity index (χ1n) is 8.43. The molecule has 1 aliphatic carbocycles. The molecule has 1 heterocycles. The second kappa shape index (κ2) is 6.69. The molecule has 0 aromatic heterocycles. The molecule has 1 N–H and O–H groups in total. The summed E-state index contributed by atoms with van der Waals surface area (Å²) in [7, 11) is 0. The van der Waals surface area contributed by atoms with Crippen molar-refractivity contribution in [1.29, 1.82) is 0 Å². The Hall–Kier alpha value is -1.22. The lowest BCUT2D eigenvalue weighted by Gasteiger charge is -2.32. The fraction of sp³-hybridized carbons (Fsp3) is 0.667. The van der Waals surface area contributed by atoms with Gasteiger partial charge in [-0.3, -0.25) is 0 Å². The molecule has 1 aromatic carbocycles. The average molecular weight is 288 g/mol. The lowest BCUT2D eigenvalue weighted by Crippen LogP contribution is -2.43. The molecule has 21 heavy (non-hydrogen) atoms. The molecule has 1 aromatic rings. The first kappa shape index (κ1) is 14.7. The number of rotatable bonds is 3. The highest BCUT2D eigenvalue weighted by Crippen LogP contribution is 2.32. The predicted octanol–water partition coefficient (Wildman–Crippen LogP) is 3.30. The third-order valence-electron chi connectivity index (χ3n) is 4.74. The maximum atomic E-state index is 6.29. The van der Waals surface area contributed by atoms with E-state index < -0.39 is 0 Å². The summed E-state index contributed by atoms with van der Waals surface area (Å²) in [6, 6.07) is 8.65. The van der Waals surface area contributed by atoms with Crippen LogP contribution in [0.5, 0.6) is 5.75 Å². The van der Waals surface area contributed by atoms with Gasteiger partial charge in [0.2, 0.25) is 0 Å². The van der Waals surface area contributed by atoms with Gasteiger partial charge in [-0.25, -0.2) is 0 Å². The topological polar surface area (TPSA) is 24.5 Å². The summed E-state index contributed by atoms with van der Waals surface area (Å²) in [5.74, 6) is 2.61. The van der Waals surface area contributed by atoms with Crippen molar-refractivity contribution >= 4 is 5.69 Å². The Kier molecular flexibility index (Phi) is 4.69. The highest BCUT2D eigenvalue weighted by Gasteiger charge is 2.25. The van der Waals surface area contributed by atoms with Crippen molar-refractivity contribution in [2.45, 2.75) is 39.2 Å². The van der Waals surface area contributed by atoms with Crippen molar-refractivity contribution in [2.24, 2.45) is 11.8 Å². The van der Waals surface area contributed by atoms with Crippen LogP contribution in [0.4, 0.5) is 5.69 Å². The Labute approximate surface area is 128 Å². The molecular weight excluding hydrogens is 260 g/mol. The molecule has 0 radical (unpaired) electrons. The highest BCUT2D eigenvalue weighted by atomic mass is 16.5. The average Bonchev–Trinajstić information content (AvgIpc) is 2.47. The normalized spacial score (nSPS) is 30.2. The molecular formula is C18H28N2O. The highest BCUT2D eigenvalue weighted by molar-refractivity contribution is 5.51. The SMILES string of the molecule is CC1CC(C)CC(Oc2cccc(N3CCNCC3)c2)C1. The zero-order valence-corrected chi connectivity index (χ0v) is 13.3. The number of hydrogen-bond acceptors (Lipinski definition) is 3. The van der Waals surface area contributed by atoms with Crippen LogP contribution in [-0.2, 0) is 0 Å². The van der Waals surface area contributed by atoms with Gasteiger partial charge in [0.25, 0.3) is 0 Å². The lowest BCUT2D eigenvalue weighted by atomic mass is 9.82. The second-order valence-electron chi connectivity index (χ2n) is 6.89. The largest absolute Gasteiger partial charge is 0.490 e. The summed E-state index contributed by atoms with van der Waals surface area (Å²) in [4.78, 5) is 2.44. The molecule has 1 saturated carbocycles. The molecule has 2 atom stereocenters. The van der Waals surface area contributed by atoms with Gasteiger partial charge in [0.15, 0.2) is 0 Å². The van der Waals surface area contributed by atoms with Crippen LogP contribution in [0.2, 0.25) is 0 Å². The summed E-state index contributed by atoms with van der Waals surface area (Å²) in [6.07, 6.45) is 4.13. The zero-order chi connectivity index (χ0) is 14.7. The molecule has 2 aliphatic rings. The lowest BCUT2D eigenvalue weighted by molar-refractivity contribution is 0.101. The number of piperazine rings is 1. The van der Waals surface area contributed by atoms with Gasteiger partial charge in [-0.1, -0.05) is 19.9 Å². The van der Waals surface area contributed by atoms with Crippen molar-refractivity contribution in [2.75, 3.05) is 31.1 Å². The van der Waals surface area contributed by atoms with E-state index >= 15 is 0 Å². The summed E-state index contributed by atoms with van der Waals surface area (Å²) in [5.41, 5.74) is 1.30. The van der Waals surface area contributed by atoms with Crippen molar-refractivity contribution in [3.05, 3.63) is 24.3 Å². The molecule has 3 nitrogen and oxygen atoms in total. The van der Waals surface area contributed by atoms with Gasteiger partial charge in [-0.2, -0.15) is 0 Å². The Morgan fingerprint density at radius 2 is 1.76 bits per heavy atom. The van der Waals surface area contributed by atoms with Crippen molar-refractivity contribution in [3.63, 3.8) is 0 Å². The standard InChI is InChI=1S/C18H28N2O/c1-14-10-15(2)12-18(11-14)21-17-5-3-4-16(13-17)20-8-6-19-7-9-20/h3-5,13-15,18-19H,6-12H2,1-2H3. The number of nitrogens with zero attached hydrogens (tertiary/aromatic N) is 1. The van der Waals surface area contributed by atoms with Crippen molar-refractivity contribution < 1.29 is 4.74 Å². The molecule has 2 unspecified atom stereocenters. The van der Waals surface area contributed by atoms with E-state index in [1.54, 1.807) is 0 Å². The Morgan fingerprint density at radius 1 is 1.05 bits per heavy atom. The van der Waals surface area contributed by atoms with Crippen LogP contribution in [-0.4, -0.2) is 32.3 Å². The molecule has 116 valence electrons. The smallest absolute Gasteiger partial charge is 0.121 e. The number of nitrogens with one attached hydrogen (secondary N) is 1. The maximum Gasteiger partial charge on any atom is 0.121 e. The zero-order valence-electron chi connectivity index (χ0n) is 13.3. The molecule has 0 spiro atoms. The third-order valence-corrected chi connectivity index (χ3v) is 4.74. The van der Waals surface area contributed by atoms with Crippen LogP contribution >= 0.6 is 0 Å².